The number of halogens is 2. The summed E-state index contributed by atoms with van der Waals surface area (Å²) < 4.78 is 26.0. The smallest absolute Gasteiger partial charge is 0.410 e. The molecule has 1 amide bonds. The van der Waals surface area contributed by atoms with E-state index in [0.29, 0.717) is 29.7 Å². The molecule has 2 rings (SSSR count). The van der Waals surface area contributed by atoms with Crippen LogP contribution in [0.2, 0.25) is 0 Å². The van der Waals surface area contributed by atoms with Crippen LogP contribution >= 0.6 is 15.9 Å². The highest BCUT2D eigenvalue weighted by Gasteiger charge is 2.31. The molecule has 6 nitrogen and oxygen atoms in total. The van der Waals surface area contributed by atoms with Crippen LogP contribution in [-0.2, 0) is 9.53 Å². The van der Waals surface area contributed by atoms with Gasteiger partial charge in [0.25, 0.3) is 0 Å². The van der Waals surface area contributed by atoms with Crippen molar-refractivity contribution in [3.05, 3.63) is 44.8 Å². The molecule has 1 aliphatic rings. The Kier molecular flexibility index (Phi) is 9.12. The summed E-state index contributed by atoms with van der Waals surface area (Å²) in [6.07, 6.45) is 2.01. The van der Waals surface area contributed by atoms with Gasteiger partial charge in [-0.15, -0.1) is 0 Å². The summed E-state index contributed by atoms with van der Waals surface area (Å²) in [6, 6.07) is 3.42. The molecule has 0 radical (unpaired) electrons. The molecule has 33 heavy (non-hydrogen) atoms. The maximum absolute atomic E-state index is 14.7. The molecule has 1 aromatic carbocycles. The zero-order valence-corrected chi connectivity index (χ0v) is 22.1. The van der Waals surface area contributed by atoms with Crippen molar-refractivity contribution in [1.29, 1.82) is 0 Å². The van der Waals surface area contributed by atoms with Gasteiger partial charge in [-0.1, -0.05) is 12.5 Å². The number of ether oxygens (including phenoxy) is 2. The van der Waals surface area contributed by atoms with Gasteiger partial charge >= 0.3 is 6.09 Å². The molecule has 0 aliphatic carbocycles. The molecular formula is C25H34BrFN2O4. The maximum atomic E-state index is 14.7. The van der Waals surface area contributed by atoms with Gasteiger partial charge in [0.2, 0.25) is 0 Å². The monoisotopic (exact) mass is 524 g/mol. The third kappa shape index (κ3) is 6.37. The Balaban J connectivity index is 2.62. The highest BCUT2D eigenvalue weighted by atomic mass is 79.9. The predicted molar refractivity (Wildman–Crippen MR) is 132 cm³/mol. The fourth-order valence-electron chi connectivity index (χ4n) is 3.85. The molecule has 0 atom stereocenters. The van der Waals surface area contributed by atoms with E-state index in [1.165, 1.54) is 7.11 Å². The standard InChI is InChI=1S/C25H34BrFN2O4/c1-8-16(2)17(12-14-30)18-15-29(24(31)33-25(3,4)5)13-11-20(18)28(6)21-10-9-19(26)22(27)23(21)32-7/h9-10,14H,8,11-13,15H2,1-7H3. The number of rotatable bonds is 7. The van der Waals surface area contributed by atoms with Crippen molar-refractivity contribution in [3.63, 3.8) is 0 Å². The van der Waals surface area contributed by atoms with Crippen molar-refractivity contribution in [2.24, 2.45) is 0 Å². The minimum atomic E-state index is -0.610. The molecular weight excluding hydrogens is 491 g/mol. The van der Waals surface area contributed by atoms with Gasteiger partial charge in [0.15, 0.2) is 11.6 Å². The van der Waals surface area contributed by atoms with Crippen molar-refractivity contribution < 1.29 is 23.5 Å². The highest BCUT2D eigenvalue weighted by molar-refractivity contribution is 9.10. The quantitative estimate of drug-likeness (QED) is 0.395. The number of carbonyl (C=O) groups is 2. The Morgan fingerprint density at radius 3 is 2.55 bits per heavy atom. The van der Waals surface area contributed by atoms with Crippen molar-refractivity contribution in [2.75, 3.05) is 32.1 Å². The van der Waals surface area contributed by atoms with Crippen LogP contribution in [-0.4, -0.2) is 50.1 Å². The number of amides is 1. The lowest BCUT2D eigenvalue weighted by molar-refractivity contribution is -0.107. The maximum Gasteiger partial charge on any atom is 0.410 e. The second kappa shape index (κ2) is 11.2. The number of hydrogen-bond donors (Lipinski definition) is 0. The van der Waals surface area contributed by atoms with Gasteiger partial charge in [0, 0.05) is 32.1 Å². The SMILES string of the molecule is CCC(C)=C(CC=O)C1=C(N(C)c2ccc(Br)c(F)c2OC)CCN(C(=O)OC(C)(C)C)C1. The van der Waals surface area contributed by atoms with Gasteiger partial charge in [-0.25, -0.2) is 9.18 Å². The summed E-state index contributed by atoms with van der Waals surface area (Å²) in [5, 5.41) is 0. The zero-order valence-electron chi connectivity index (χ0n) is 20.6. The fourth-order valence-corrected chi connectivity index (χ4v) is 4.16. The number of allylic oxidation sites excluding steroid dienone is 1. The molecule has 0 aromatic heterocycles. The molecule has 0 bridgehead atoms. The van der Waals surface area contributed by atoms with E-state index >= 15 is 0 Å². The molecule has 182 valence electrons. The summed E-state index contributed by atoms with van der Waals surface area (Å²) in [4.78, 5) is 27.9. The van der Waals surface area contributed by atoms with E-state index in [1.54, 1.807) is 17.0 Å². The number of methoxy groups -OCH3 is 1. The molecule has 0 unspecified atom stereocenters. The molecule has 8 heteroatoms. The Morgan fingerprint density at radius 2 is 2.00 bits per heavy atom. The first-order valence-corrected chi connectivity index (χ1v) is 11.8. The van der Waals surface area contributed by atoms with Crippen LogP contribution in [0.25, 0.3) is 0 Å². The Labute approximate surface area is 204 Å². The number of anilines is 1. The van der Waals surface area contributed by atoms with Crippen molar-refractivity contribution in [2.45, 2.75) is 59.5 Å². The van der Waals surface area contributed by atoms with Crippen LogP contribution in [0.5, 0.6) is 5.75 Å². The van der Waals surface area contributed by atoms with Gasteiger partial charge in [0.05, 0.1) is 23.8 Å². The lowest BCUT2D eigenvalue weighted by Gasteiger charge is -2.37. The third-order valence-corrected chi connectivity index (χ3v) is 6.28. The van der Waals surface area contributed by atoms with Crippen LogP contribution in [0.4, 0.5) is 14.9 Å². The second-order valence-electron chi connectivity index (χ2n) is 9.03. The minimum absolute atomic E-state index is 0.126. The predicted octanol–water partition coefficient (Wildman–Crippen LogP) is 6.24. The molecule has 0 spiro atoms. The zero-order chi connectivity index (χ0) is 24.9. The number of nitrogens with zero attached hydrogens (tertiary/aromatic N) is 2. The number of benzene rings is 1. The Hall–Kier alpha value is -2.35. The molecule has 0 N–H and O–H groups in total. The number of carbonyl (C=O) groups excluding carboxylic acids is 2. The van der Waals surface area contributed by atoms with Gasteiger partial charge in [-0.2, -0.15) is 0 Å². The molecule has 0 saturated heterocycles. The fraction of sp³-hybridized carbons (Fsp3) is 0.520. The summed E-state index contributed by atoms with van der Waals surface area (Å²) in [5.74, 6) is -0.356. The first kappa shape index (κ1) is 26.9. The summed E-state index contributed by atoms with van der Waals surface area (Å²) in [7, 11) is 3.28. The van der Waals surface area contributed by atoms with Crippen molar-refractivity contribution >= 4 is 34.0 Å². The first-order chi connectivity index (χ1) is 15.4. The molecule has 1 heterocycles. The number of hydrogen-bond acceptors (Lipinski definition) is 5. The van der Waals surface area contributed by atoms with Crippen molar-refractivity contribution in [1.82, 2.24) is 4.90 Å². The Morgan fingerprint density at radius 1 is 1.33 bits per heavy atom. The van der Waals surface area contributed by atoms with E-state index < -0.39 is 17.5 Å². The van der Waals surface area contributed by atoms with Crippen LogP contribution < -0.4 is 9.64 Å². The highest BCUT2D eigenvalue weighted by Crippen LogP contribution is 2.39. The minimum Gasteiger partial charge on any atom is -0.492 e. The Bertz CT molecular complexity index is 966. The van der Waals surface area contributed by atoms with Gasteiger partial charge in [-0.3, -0.25) is 0 Å². The largest absolute Gasteiger partial charge is 0.492 e. The topological polar surface area (TPSA) is 59.1 Å². The first-order valence-electron chi connectivity index (χ1n) is 11.0. The molecule has 0 saturated carbocycles. The average Bonchev–Trinajstić information content (AvgIpc) is 2.76. The normalized spacial score (nSPS) is 15.2. The van der Waals surface area contributed by atoms with Crippen LogP contribution in [0, 0.1) is 5.82 Å². The number of aldehydes is 1. The summed E-state index contributed by atoms with van der Waals surface area (Å²) >= 11 is 3.21. The van der Waals surface area contributed by atoms with E-state index in [9.17, 15) is 14.0 Å². The van der Waals surface area contributed by atoms with Gasteiger partial charge < -0.3 is 24.1 Å². The van der Waals surface area contributed by atoms with E-state index in [0.717, 1.165) is 35.1 Å². The van der Waals surface area contributed by atoms with E-state index in [1.807, 2.05) is 46.6 Å². The van der Waals surface area contributed by atoms with Crippen LogP contribution in [0.3, 0.4) is 0 Å². The molecule has 0 fully saturated rings. The summed E-state index contributed by atoms with van der Waals surface area (Å²) in [5.41, 5.74) is 3.73. The van der Waals surface area contributed by atoms with Gasteiger partial charge in [0.1, 0.15) is 11.9 Å². The lowest BCUT2D eigenvalue weighted by Crippen LogP contribution is -2.43. The average molecular weight is 525 g/mol. The third-order valence-electron chi connectivity index (χ3n) is 5.66. The van der Waals surface area contributed by atoms with E-state index in [-0.39, 0.29) is 12.2 Å². The lowest BCUT2D eigenvalue weighted by atomic mass is 9.91. The van der Waals surface area contributed by atoms with E-state index in [4.69, 9.17) is 9.47 Å². The van der Waals surface area contributed by atoms with E-state index in [2.05, 4.69) is 15.9 Å². The second-order valence-corrected chi connectivity index (χ2v) is 9.89. The molecule has 1 aliphatic heterocycles. The summed E-state index contributed by atoms with van der Waals surface area (Å²) in [6.45, 7) is 10.3. The van der Waals surface area contributed by atoms with Crippen LogP contribution in [0.1, 0.15) is 53.9 Å². The van der Waals surface area contributed by atoms with Gasteiger partial charge in [-0.05, 0) is 73.3 Å². The van der Waals surface area contributed by atoms with Crippen molar-refractivity contribution in [3.8, 4) is 5.75 Å². The molecule has 1 aromatic rings. The van der Waals surface area contributed by atoms with Crippen LogP contribution in [0.15, 0.2) is 39.0 Å².